The van der Waals surface area contributed by atoms with E-state index in [2.05, 4.69) is 10.3 Å². The smallest absolute Gasteiger partial charge is 0.254 e. The number of aryl methyl sites for hydroxylation is 2. The highest BCUT2D eigenvalue weighted by molar-refractivity contribution is 7.89. The largest absolute Gasteiger partial charge is 0.360 e. The Labute approximate surface area is 192 Å². The van der Waals surface area contributed by atoms with Crippen LogP contribution in [0.15, 0.2) is 21.7 Å². The highest BCUT2D eigenvalue weighted by atomic mass is 32.2. The Bertz CT molecular complexity index is 1310. The Morgan fingerprint density at radius 1 is 1.15 bits per heavy atom. The number of sulfonamides is 1. The van der Waals surface area contributed by atoms with Gasteiger partial charge in [0.25, 0.3) is 5.91 Å². The molecule has 10 nitrogen and oxygen atoms in total. The number of fused-ring (bicyclic) bond motifs is 1. The fraction of sp³-hybridized carbons (Fsp3) is 0.545. The molecule has 1 aliphatic carbocycles. The van der Waals surface area contributed by atoms with Crippen molar-refractivity contribution < 1.29 is 17.7 Å². The lowest BCUT2D eigenvalue weighted by molar-refractivity contribution is 0.0699. The predicted molar refractivity (Wildman–Crippen MR) is 121 cm³/mol. The number of piperazine rings is 1. The summed E-state index contributed by atoms with van der Waals surface area (Å²) in [6.07, 6.45) is 3.88. The third-order valence-electron chi connectivity index (χ3n) is 6.39. The number of aromatic nitrogens is 4. The second kappa shape index (κ2) is 7.91. The van der Waals surface area contributed by atoms with Crippen molar-refractivity contribution in [1.82, 2.24) is 29.1 Å². The molecule has 5 rings (SSSR count). The average molecular weight is 473 g/mol. The molecule has 1 aliphatic heterocycles. The maximum atomic E-state index is 13.5. The van der Waals surface area contributed by atoms with Crippen molar-refractivity contribution in [3.8, 4) is 0 Å². The van der Waals surface area contributed by atoms with Crippen molar-refractivity contribution in [2.24, 2.45) is 0 Å². The van der Waals surface area contributed by atoms with Gasteiger partial charge in [0.05, 0.1) is 17.1 Å². The quantitative estimate of drug-likeness (QED) is 0.561. The number of amides is 1. The van der Waals surface area contributed by atoms with E-state index < -0.39 is 10.0 Å². The van der Waals surface area contributed by atoms with Gasteiger partial charge in [-0.2, -0.15) is 9.40 Å². The number of carbonyl (C=O) groups is 1. The normalized spacial score (nSPS) is 17.9. The van der Waals surface area contributed by atoms with E-state index in [9.17, 15) is 13.2 Å². The van der Waals surface area contributed by atoms with Crippen LogP contribution in [0.2, 0.25) is 0 Å². The molecule has 11 heteroatoms. The minimum Gasteiger partial charge on any atom is -0.360 e. The van der Waals surface area contributed by atoms with E-state index in [4.69, 9.17) is 9.51 Å². The summed E-state index contributed by atoms with van der Waals surface area (Å²) in [5, 5.41) is 8.99. The van der Waals surface area contributed by atoms with E-state index in [1.165, 1.54) is 4.31 Å². The van der Waals surface area contributed by atoms with Crippen molar-refractivity contribution in [3.63, 3.8) is 0 Å². The van der Waals surface area contributed by atoms with E-state index >= 15 is 0 Å². The Morgan fingerprint density at radius 2 is 1.85 bits per heavy atom. The van der Waals surface area contributed by atoms with E-state index in [1.807, 2.05) is 24.6 Å². The predicted octanol–water partition coefficient (Wildman–Crippen LogP) is 2.64. The summed E-state index contributed by atoms with van der Waals surface area (Å²) >= 11 is 0. The van der Waals surface area contributed by atoms with Gasteiger partial charge in [0.1, 0.15) is 10.6 Å². The fourth-order valence-electron chi connectivity index (χ4n) is 4.45. The molecule has 3 aromatic heterocycles. The minimum absolute atomic E-state index is 0.109. The first kappa shape index (κ1) is 22.0. The topological polar surface area (TPSA) is 114 Å². The van der Waals surface area contributed by atoms with Crippen LogP contribution in [0, 0.1) is 13.8 Å². The number of hydrogen-bond donors (Lipinski definition) is 0. The summed E-state index contributed by atoms with van der Waals surface area (Å²) in [6.45, 7) is 8.34. The molecule has 1 amide bonds. The molecule has 3 aromatic rings. The second-order valence-corrected chi connectivity index (χ2v) is 11.0. The van der Waals surface area contributed by atoms with Gasteiger partial charge in [0.15, 0.2) is 11.4 Å². The van der Waals surface area contributed by atoms with Crippen molar-refractivity contribution in [3.05, 3.63) is 35.0 Å². The van der Waals surface area contributed by atoms with Crippen LogP contribution in [0.4, 0.5) is 0 Å². The third kappa shape index (κ3) is 3.72. The van der Waals surface area contributed by atoms with Gasteiger partial charge in [-0.25, -0.2) is 18.1 Å². The molecule has 0 spiro atoms. The molecule has 0 aromatic carbocycles. The fourth-order valence-corrected chi connectivity index (χ4v) is 6.17. The van der Waals surface area contributed by atoms with E-state index in [0.717, 1.165) is 29.6 Å². The summed E-state index contributed by atoms with van der Waals surface area (Å²) in [5.74, 6) is 0.565. The van der Waals surface area contributed by atoms with Crippen LogP contribution in [-0.4, -0.2) is 69.6 Å². The van der Waals surface area contributed by atoms with E-state index in [0.29, 0.717) is 30.3 Å². The van der Waals surface area contributed by atoms with Crippen LogP contribution in [0.25, 0.3) is 11.0 Å². The standard InChI is InChI=1S/C22H28N6O4S/c1-13(2)28-21-18(12-23-28)17(11-19(24-21)16-5-6-16)22(29)26-7-9-27(10-8-26)33(30,31)20-14(3)25-32-15(20)4/h11-13,16H,5-10H2,1-4H3. The van der Waals surface area contributed by atoms with Gasteiger partial charge in [-0.15, -0.1) is 0 Å². The maximum absolute atomic E-state index is 13.5. The number of hydrogen-bond acceptors (Lipinski definition) is 7. The third-order valence-corrected chi connectivity index (χ3v) is 8.54. The molecule has 176 valence electrons. The lowest BCUT2D eigenvalue weighted by atomic mass is 10.1. The highest BCUT2D eigenvalue weighted by Gasteiger charge is 2.35. The molecule has 2 fully saturated rings. The second-order valence-electron chi connectivity index (χ2n) is 9.14. The first-order valence-corrected chi connectivity index (χ1v) is 12.7. The molecular weight excluding hydrogens is 444 g/mol. The van der Waals surface area contributed by atoms with Gasteiger partial charge in [-0.05, 0) is 46.6 Å². The molecule has 0 bridgehead atoms. The SMILES string of the molecule is Cc1noc(C)c1S(=O)(=O)N1CCN(C(=O)c2cc(C3CC3)nc3c2cnn3C(C)C)CC1. The summed E-state index contributed by atoms with van der Waals surface area (Å²) < 4.78 is 34.5. The van der Waals surface area contributed by atoms with Crippen LogP contribution in [-0.2, 0) is 10.0 Å². The van der Waals surface area contributed by atoms with Gasteiger partial charge in [-0.1, -0.05) is 5.16 Å². The number of pyridine rings is 1. The zero-order chi connectivity index (χ0) is 23.5. The van der Waals surface area contributed by atoms with Crippen LogP contribution in [0.5, 0.6) is 0 Å². The van der Waals surface area contributed by atoms with E-state index in [-0.39, 0.29) is 35.7 Å². The molecular formula is C22H28N6O4S. The van der Waals surface area contributed by atoms with Gasteiger partial charge >= 0.3 is 0 Å². The molecule has 0 unspecified atom stereocenters. The lowest BCUT2D eigenvalue weighted by Gasteiger charge is -2.34. The molecule has 2 aliphatic rings. The first-order chi connectivity index (χ1) is 15.7. The first-order valence-electron chi connectivity index (χ1n) is 11.3. The van der Waals surface area contributed by atoms with Gasteiger partial charge in [-0.3, -0.25) is 4.79 Å². The Kier molecular flexibility index (Phi) is 5.28. The Hall–Kier alpha value is -2.79. The zero-order valence-corrected chi connectivity index (χ0v) is 20.1. The highest BCUT2D eigenvalue weighted by Crippen LogP contribution is 2.40. The number of carbonyl (C=O) groups excluding carboxylic acids is 1. The molecule has 0 N–H and O–H groups in total. The van der Waals surface area contributed by atoms with Crippen molar-refractivity contribution in [2.75, 3.05) is 26.2 Å². The summed E-state index contributed by atoms with van der Waals surface area (Å²) in [5.41, 5.74) is 2.61. The summed E-state index contributed by atoms with van der Waals surface area (Å²) in [7, 11) is -3.73. The lowest BCUT2D eigenvalue weighted by Crippen LogP contribution is -2.50. The van der Waals surface area contributed by atoms with Crippen LogP contribution in [0.3, 0.4) is 0 Å². The molecule has 0 atom stereocenters. The monoisotopic (exact) mass is 472 g/mol. The molecule has 1 saturated heterocycles. The van der Waals surface area contributed by atoms with Crippen molar-refractivity contribution in [1.29, 1.82) is 0 Å². The maximum Gasteiger partial charge on any atom is 0.254 e. The number of rotatable bonds is 5. The Balaban J connectivity index is 1.40. The zero-order valence-electron chi connectivity index (χ0n) is 19.3. The minimum atomic E-state index is -3.73. The van der Waals surface area contributed by atoms with Gasteiger partial charge < -0.3 is 9.42 Å². The van der Waals surface area contributed by atoms with Crippen molar-refractivity contribution >= 4 is 27.0 Å². The van der Waals surface area contributed by atoms with Crippen LogP contribution < -0.4 is 0 Å². The average Bonchev–Trinajstić information content (AvgIpc) is 3.45. The van der Waals surface area contributed by atoms with Crippen LogP contribution >= 0.6 is 0 Å². The molecule has 1 saturated carbocycles. The van der Waals surface area contributed by atoms with E-state index in [1.54, 1.807) is 24.9 Å². The van der Waals surface area contributed by atoms with Gasteiger partial charge in [0.2, 0.25) is 10.0 Å². The molecule has 4 heterocycles. The molecule has 33 heavy (non-hydrogen) atoms. The summed E-state index contributed by atoms with van der Waals surface area (Å²) in [6, 6.07) is 2.03. The Morgan fingerprint density at radius 3 is 2.42 bits per heavy atom. The van der Waals surface area contributed by atoms with Crippen LogP contribution in [0.1, 0.15) is 66.2 Å². The molecule has 0 radical (unpaired) electrons. The van der Waals surface area contributed by atoms with Gasteiger partial charge in [0, 0.05) is 43.8 Å². The van der Waals surface area contributed by atoms with Crippen molar-refractivity contribution in [2.45, 2.75) is 57.4 Å². The number of nitrogens with zero attached hydrogens (tertiary/aromatic N) is 6. The summed E-state index contributed by atoms with van der Waals surface area (Å²) in [4.78, 5) is 20.2.